The second kappa shape index (κ2) is 11.7. The van der Waals surface area contributed by atoms with Gasteiger partial charge in [0.25, 0.3) is 0 Å². The molecule has 0 bridgehead atoms. The molecular weight excluding hydrogens is 368 g/mol. The van der Waals surface area contributed by atoms with Crippen LogP contribution in [0.3, 0.4) is 0 Å². The fourth-order valence-electron chi connectivity index (χ4n) is 3.35. The highest BCUT2D eigenvalue weighted by atomic mass is 16.5. The number of fused-ring (bicyclic) bond motifs is 1. The van der Waals surface area contributed by atoms with E-state index in [-0.39, 0.29) is 18.0 Å². The summed E-state index contributed by atoms with van der Waals surface area (Å²) in [5, 5.41) is 5.93. The number of urea groups is 1. The number of nitrogens with one attached hydrogen (secondary N) is 2. The molecule has 7 heteroatoms. The van der Waals surface area contributed by atoms with E-state index >= 15 is 0 Å². The van der Waals surface area contributed by atoms with Crippen molar-refractivity contribution in [1.82, 2.24) is 20.4 Å². The monoisotopic (exact) mass is 404 g/mol. The molecule has 0 aliphatic carbocycles. The largest absolute Gasteiger partial charge is 0.491 e. The molecule has 0 spiro atoms. The van der Waals surface area contributed by atoms with Gasteiger partial charge in [-0.2, -0.15) is 0 Å². The molecule has 0 fully saturated rings. The van der Waals surface area contributed by atoms with Crippen molar-refractivity contribution in [3.05, 3.63) is 29.3 Å². The number of nitrogens with zero attached hydrogens (tertiary/aromatic N) is 2. The molecule has 0 saturated heterocycles. The lowest BCUT2D eigenvalue weighted by Crippen LogP contribution is -2.43. The number of hydrogen-bond acceptors (Lipinski definition) is 4. The summed E-state index contributed by atoms with van der Waals surface area (Å²) >= 11 is 0. The molecule has 1 aliphatic heterocycles. The summed E-state index contributed by atoms with van der Waals surface area (Å²) in [4.78, 5) is 28.6. The van der Waals surface area contributed by atoms with Gasteiger partial charge < -0.3 is 25.2 Å². The zero-order valence-electron chi connectivity index (χ0n) is 18.3. The number of carbonyl (C=O) groups excluding carboxylic acids is 2. The number of aryl methyl sites for hydroxylation is 1. The van der Waals surface area contributed by atoms with Gasteiger partial charge in [-0.1, -0.05) is 26.0 Å². The van der Waals surface area contributed by atoms with Gasteiger partial charge in [-0.05, 0) is 45.0 Å². The highest BCUT2D eigenvalue weighted by Crippen LogP contribution is 2.25. The SMILES string of the molecule is CCN(CC)CCNC(=O)CCc1ccc2c(c1)CN(C(=O)NC(C)C)CCO2. The Bertz CT molecular complexity index is 674. The molecule has 3 amide bonds. The maximum Gasteiger partial charge on any atom is 0.318 e. The lowest BCUT2D eigenvalue weighted by Gasteiger charge is -2.22. The van der Waals surface area contributed by atoms with E-state index < -0.39 is 0 Å². The van der Waals surface area contributed by atoms with Crippen molar-refractivity contribution in [3.8, 4) is 5.75 Å². The predicted molar refractivity (Wildman–Crippen MR) is 115 cm³/mol. The summed E-state index contributed by atoms with van der Waals surface area (Å²) in [6.07, 6.45) is 1.12. The predicted octanol–water partition coefficient (Wildman–Crippen LogP) is 2.39. The van der Waals surface area contributed by atoms with Gasteiger partial charge in [0.15, 0.2) is 0 Å². The third kappa shape index (κ3) is 7.57. The van der Waals surface area contributed by atoms with E-state index in [2.05, 4.69) is 35.4 Å². The fourth-order valence-corrected chi connectivity index (χ4v) is 3.35. The molecule has 162 valence electrons. The number of amides is 3. The van der Waals surface area contributed by atoms with Gasteiger partial charge in [0, 0.05) is 31.1 Å². The molecule has 1 heterocycles. The summed E-state index contributed by atoms with van der Waals surface area (Å²) in [5.41, 5.74) is 2.07. The van der Waals surface area contributed by atoms with E-state index in [0.717, 1.165) is 36.5 Å². The summed E-state index contributed by atoms with van der Waals surface area (Å²) in [7, 11) is 0. The molecule has 2 rings (SSSR count). The first-order chi connectivity index (χ1) is 13.9. The van der Waals surface area contributed by atoms with Crippen molar-refractivity contribution in [2.24, 2.45) is 0 Å². The van der Waals surface area contributed by atoms with Crippen LogP contribution in [0.1, 0.15) is 45.2 Å². The third-order valence-corrected chi connectivity index (χ3v) is 5.09. The second-order valence-electron chi connectivity index (χ2n) is 7.69. The first kappa shape index (κ1) is 23.0. The Morgan fingerprint density at radius 2 is 2.00 bits per heavy atom. The maximum absolute atomic E-state index is 12.4. The smallest absolute Gasteiger partial charge is 0.318 e. The molecule has 0 aromatic heterocycles. The Labute approximate surface area is 174 Å². The standard InChI is InChI=1S/C22H36N4O3/c1-5-25(6-2)12-11-23-21(27)10-8-18-7-9-20-19(15-18)16-26(13-14-29-20)22(28)24-17(3)4/h7,9,15,17H,5-6,8,10-14,16H2,1-4H3,(H,23,27)(H,24,28). The first-order valence-corrected chi connectivity index (χ1v) is 10.7. The van der Waals surface area contributed by atoms with E-state index in [9.17, 15) is 9.59 Å². The van der Waals surface area contributed by atoms with E-state index in [1.165, 1.54) is 0 Å². The number of ether oxygens (including phenoxy) is 1. The molecule has 2 N–H and O–H groups in total. The van der Waals surface area contributed by atoms with Crippen LogP contribution in [0.2, 0.25) is 0 Å². The Morgan fingerprint density at radius 1 is 1.24 bits per heavy atom. The first-order valence-electron chi connectivity index (χ1n) is 10.7. The molecule has 1 aromatic rings. The molecule has 7 nitrogen and oxygen atoms in total. The van der Waals surface area contributed by atoms with Crippen molar-refractivity contribution in [2.75, 3.05) is 39.3 Å². The van der Waals surface area contributed by atoms with Gasteiger partial charge in [-0.3, -0.25) is 4.79 Å². The lowest BCUT2D eigenvalue weighted by atomic mass is 10.0. The number of likely N-dealkylation sites (N-methyl/N-ethyl adjacent to an activating group) is 1. The van der Waals surface area contributed by atoms with Crippen LogP contribution >= 0.6 is 0 Å². The molecule has 0 radical (unpaired) electrons. The Hall–Kier alpha value is -2.28. The van der Waals surface area contributed by atoms with Crippen LogP contribution in [0, 0.1) is 0 Å². The van der Waals surface area contributed by atoms with E-state index in [1.807, 2.05) is 26.0 Å². The molecular formula is C22H36N4O3. The minimum absolute atomic E-state index is 0.0706. The normalized spacial score (nSPS) is 13.7. The van der Waals surface area contributed by atoms with E-state index in [0.29, 0.717) is 39.1 Å². The van der Waals surface area contributed by atoms with Crippen LogP contribution in [-0.2, 0) is 17.8 Å². The van der Waals surface area contributed by atoms with Gasteiger partial charge in [0.1, 0.15) is 12.4 Å². The van der Waals surface area contributed by atoms with Gasteiger partial charge in [-0.25, -0.2) is 4.79 Å². The maximum atomic E-state index is 12.4. The van der Waals surface area contributed by atoms with Crippen LogP contribution in [0.15, 0.2) is 18.2 Å². The van der Waals surface area contributed by atoms with Crippen LogP contribution in [0.5, 0.6) is 5.75 Å². The molecule has 0 unspecified atom stereocenters. The zero-order valence-corrected chi connectivity index (χ0v) is 18.3. The molecule has 1 aromatic carbocycles. The zero-order chi connectivity index (χ0) is 21.2. The van der Waals surface area contributed by atoms with Crippen molar-refractivity contribution in [1.29, 1.82) is 0 Å². The minimum atomic E-state index is -0.0746. The van der Waals surface area contributed by atoms with Crippen LogP contribution < -0.4 is 15.4 Å². The van der Waals surface area contributed by atoms with Crippen LogP contribution in [0.25, 0.3) is 0 Å². The van der Waals surface area contributed by atoms with E-state index in [4.69, 9.17) is 4.74 Å². The summed E-state index contributed by atoms with van der Waals surface area (Å²) in [6, 6.07) is 6.03. The van der Waals surface area contributed by atoms with Gasteiger partial charge >= 0.3 is 6.03 Å². The minimum Gasteiger partial charge on any atom is -0.491 e. The van der Waals surface area contributed by atoms with Crippen molar-refractivity contribution >= 4 is 11.9 Å². The van der Waals surface area contributed by atoms with Crippen molar-refractivity contribution < 1.29 is 14.3 Å². The molecule has 0 saturated carbocycles. The Balaban J connectivity index is 1.88. The van der Waals surface area contributed by atoms with Gasteiger partial charge in [0.05, 0.1) is 13.1 Å². The molecule has 0 atom stereocenters. The fraction of sp³-hybridized carbons (Fsp3) is 0.636. The third-order valence-electron chi connectivity index (χ3n) is 5.09. The van der Waals surface area contributed by atoms with E-state index in [1.54, 1.807) is 4.90 Å². The summed E-state index contributed by atoms with van der Waals surface area (Å²) in [5.74, 6) is 0.888. The highest BCUT2D eigenvalue weighted by molar-refractivity contribution is 5.76. The average Bonchev–Trinajstić information content (AvgIpc) is 2.91. The average molecular weight is 405 g/mol. The molecule has 29 heavy (non-hydrogen) atoms. The second-order valence-corrected chi connectivity index (χ2v) is 7.69. The molecule has 1 aliphatic rings. The number of carbonyl (C=O) groups is 2. The van der Waals surface area contributed by atoms with Crippen molar-refractivity contribution in [3.63, 3.8) is 0 Å². The van der Waals surface area contributed by atoms with Gasteiger partial charge in [0.2, 0.25) is 5.91 Å². The van der Waals surface area contributed by atoms with Gasteiger partial charge in [-0.15, -0.1) is 0 Å². The number of benzene rings is 1. The lowest BCUT2D eigenvalue weighted by molar-refractivity contribution is -0.121. The van der Waals surface area contributed by atoms with Crippen LogP contribution in [0.4, 0.5) is 4.79 Å². The number of hydrogen-bond donors (Lipinski definition) is 2. The Kier molecular flexibility index (Phi) is 9.25. The summed E-state index contributed by atoms with van der Waals surface area (Å²) in [6.45, 7) is 13.2. The highest BCUT2D eigenvalue weighted by Gasteiger charge is 2.20. The number of rotatable bonds is 9. The summed E-state index contributed by atoms with van der Waals surface area (Å²) < 4.78 is 5.81. The van der Waals surface area contributed by atoms with Crippen molar-refractivity contribution in [2.45, 2.75) is 53.1 Å². The topological polar surface area (TPSA) is 73.9 Å². The quantitative estimate of drug-likeness (QED) is 0.663. The van der Waals surface area contributed by atoms with Crippen LogP contribution in [-0.4, -0.2) is 67.1 Å². The Morgan fingerprint density at radius 3 is 2.69 bits per heavy atom.